The Morgan fingerprint density at radius 1 is 1.28 bits per heavy atom. The fourth-order valence-electron chi connectivity index (χ4n) is 2.82. The van der Waals surface area contributed by atoms with Crippen LogP contribution in [0.2, 0.25) is 0 Å². The maximum atomic E-state index is 4.35. The van der Waals surface area contributed by atoms with Crippen LogP contribution in [0.15, 0.2) is 6.33 Å². The molecule has 1 aliphatic carbocycles. The molecule has 1 N–H and O–H groups in total. The molecule has 0 bridgehead atoms. The van der Waals surface area contributed by atoms with E-state index in [1.807, 2.05) is 4.68 Å². The fraction of sp³-hybridized carbons (Fsp3) is 0.857. The van der Waals surface area contributed by atoms with Crippen molar-refractivity contribution >= 4 is 0 Å². The van der Waals surface area contributed by atoms with Crippen molar-refractivity contribution in [2.75, 3.05) is 0 Å². The lowest BCUT2D eigenvalue weighted by Crippen LogP contribution is -2.24. The van der Waals surface area contributed by atoms with Gasteiger partial charge in [-0.1, -0.05) is 41.5 Å². The molecule has 0 saturated heterocycles. The van der Waals surface area contributed by atoms with Crippen molar-refractivity contribution in [2.24, 2.45) is 16.7 Å². The molecule has 102 valence electrons. The van der Waals surface area contributed by atoms with E-state index in [1.165, 1.54) is 0 Å². The maximum Gasteiger partial charge on any atom is 0.140 e. The van der Waals surface area contributed by atoms with E-state index in [1.54, 1.807) is 6.33 Å². The van der Waals surface area contributed by atoms with Crippen molar-refractivity contribution in [1.29, 1.82) is 0 Å². The van der Waals surface area contributed by atoms with E-state index in [4.69, 9.17) is 0 Å². The number of hydrogen-bond donors (Lipinski definition) is 1. The molecule has 1 fully saturated rings. The minimum Gasteiger partial charge on any atom is -0.306 e. The lowest BCUT2D eigenvalue weighted by atomic mass is 10.0. The third-order valence-corrected chi connectivity index (χ3v) is 4.72. The quantitative estimate of drug-likeness (QED) is 0.873. The molecule has 0 spiro atoms. The van der Waals surface area contributed by atoms with Crippen LogP contribution in [-0.2, 0) is 13.1 Å². The molecule has 0 aliphatic heterocycles. The highest BCUT2D eigenvalue weighted by Gasteiger charge is 2.64. The van der Waals surface area contributed by atoms with Crippen LogP contribution in [0.25, 0.3) is 0 Å². The van der Waals surface area contributed by atoms with Gasteiger partial charge in [0.2, 0.25) is 0 Å². The Balaban J connectivity index is 1.94. The summed E-state index contributed by atoms with van der Waals surface area (Å²) in [5.74, 6) is 1.64. The first-order valence-corrected chi connectivity index (χ1v) is 6.87. The van der Waals surface area contributed by atoms with Crippen molar-refractivity contribution in [3.63, 3.8) is 0 Å². The molecule has 1 aromatic heterocycles. The number of rotatable bonds is 5. The molecule has 0 radical (unpaired) electrons. The van der Waals surface area contributed by atoms with Crippen LogP contribution in [-0.4, -0.2) is 20.8 Å². The molecule has 1 saturated carbocycles. The van der Waals surface area contributed by atoms with Crippen LogP contribution in [0.5, 0.6) is 0 Å². The zero-order valence-corrected chi connectivity index (χ0v) is 12.5. The minimum absolute atomic E-state index is 0.371. The van der Waals surface area contributed by atoms with Gasteiger partial charge in [-0.25, -0.2) is 9.67 Å². The predicted molar refractivity (Wildman–Crippen MR) is 73.0 cm³/mol. The van der Waals surface area contributed by atoms with Crippen molar-refractivity contribution in [3.05, 3.63) is 12.2 Å². The molecule has 1 aromatic rings. The topological polar surface area (TPSA) is 42.7 Å². The monoisotopic (exact) mass is 250 g/mol. The highest BCUT2D eigenvalue weighted by molar-refractivity contribution is 5.17. The SMILES string of the molecule is CC(C)Cn1ncnc1CNC1C(C)(C)C1(C)C. The Bertz CT molecular complexity index is 403. The van der Waals surface area contributed by atoms with Crippen molar-refractivity contribution in [3.8, 4) is 0 Å². The zero-order chi connectivity index (χ0) is 13.6. The summed E-state index contributed by atoms with van der Waals surface area (Å²) in [5.41, 5.74) is 0.742. The highest BCUT2D eigenvalue weighted by Crippen LogP contribution is 2.62. The molecule has 0 atom stereocenters. The van der Waals surface area contributed by atoms with Crippen LogP contribution in [0, 0.1) is 16.7 Å². The van der Waals surface area contributed by atoms with Gasteiger partial charge >= 0.3 is 0 Å². The molecule has 1 aliphatic rings. The Hall–Kier alpha value is -0.900. The normalized spacial score (nSPS) is 21.5. The molecule has 4 heteroatoms. The van der Waals surface area contributed by atoms with Crippen LogP contribution >= 0.6 is 0 Å². The van der Waals surface area contributed by atoms with Crippen molar-refractivity contribution in [1.82, 2.24) is 20.1 Å². The summed E-state index contributed by atoms with van der Waals surface area (Å²) < 4.78 is 2.01. The van der Waals surface area contributed by atoms with Gasteiger partial charge in [0, 0.05) is 12.6 Å². The minimum atomic E-state index is 0.371. The second kappa shape index (κ2) is 4.34. The molecular weight excluding hydrogens is 224 g/mol. The number of nitrogens with one attached hydrogen (secondary N) is 1. The van der Waals surface area contributed by atoms with Crippen molar-refractivity contribution < 1.29 is 0 Å². The Morgan fingerprint density at radius 3 is 2.39 bits per heavy atom. The molecule has 0 unspecified atom stereocenters. The zero-order valence-electron chi connectivity index (χ0n) is 12.5. The second-order valence-corrected chi connectivity index (χ2v) is 7.01. The van der Waals surface area contributed by atoms with Gasteiger partial charge in [-0.2, -0.15) is 5.10 Å². The van der Waals surface area contributed by atoms with E-state index in [9.17, 15) is 0 Å². The van der Waals surface area contributed by atoms with Crippen LogP contribution in [0.3, 0.4) is 0 Å². The molecule has 4 nitrogen and oxygen atoms in total. The Labute approximate surface area is 110 Å². The van der Waals surface area contributed by atoms with Gasteiger partial charge in [0.1, 0.15) is 12.2 Å². The maximum absolute atomic E-state index is 4.35. The lowest BCUT2D eigenvalue weighted by Gasteiger charge is -2.10. The largest absolute Gasteiger partial charge is 0.306 e. The summed E-state index contributed by atoms with van der Waals surface area (Å²) in [7, 11) is 0. The average molecular weight is 250 g/mol. The molecular formula is C14H26N4. The fourth-order valence-corrected chi connectivity index (χ4v) is 2.82. The van der Waals surface area contributed by atoms with Gasteiger partial charge in [-0.05, 0) is 16.7 Å². The molecule has 18 heavy (non-hydrogen) atoms. The first kappa shape index (κ1) is 13.5. The number of aromatic nitrogens is 3. The van der Waals surface area contributed by atoms with Gasteiger partial charge in [-0.15, -0.1) is 0 Å². The van der Waals surface area contributed by atoms with E-state index >= 15 is 0 Å². The first-order valence-electron chi connectivity index (χ1n) is 6.87. The number of nitrogens with zero attached hydrogens (tertiary/aromatic N) is 3. The first-order chi connectivity index (χ1) is 8.26. The van der Waals surface area contributed by atoms with Gasteiger partial charge in [0.05, 0.1) is 6.54 Å². The molecule has 0 aromatic carbocycles. The summed E-state index contributed by atoms with van der Waals surface area (Å²) in [5, 5.41) is 7.92. The van der Waals surface area contributed by atoms with Crippen molar-refractivity contribution in [2.45, 2.75) is 60.7 Å². The average Bonchev–Trinajstić information content (AvgIpc) is 2.59. The second-order valence-electron chi connectivity index (χ2n) is 7.01. The third-order valence-electron chi connectivity index (χ3n) is 4.72. The standard InChI is InChI=1S/C14H26N4/c1-10(2)8-18-11(16-9-17-18)7-15-12-13(3,4)14(12,5)6/h9-10,12,15H,7-8H2,1-6H3. The van der Waals surface area contributed by atoms with Gasteiger partial charge in [0.25, 0.3) is 0 Å². The molecule has 0 amide bonds. The molecule has 2 rings (SSSR count). The third kappa shape index (κ3) is 2.18. The van der Waals surface area contributed by atoms with E-state index in [0.717, 1.165) is 18.9 Å². The summed E-state index contributed by atoms with van der Waals surface area (Å²) in [6.07, 6.45) is 1.66. The Kier molecular flexibility index (Phi) is 3.26. The van der Waals surface area contributed by atoms with Gasteiger partial charge in [-0.3, -0.25) is 0 Å². The summed E-state index contributed by atoms with van der Waals surface area (Å²) in [4.78, 5) is 4.35. The van der Waals surface area contributed by atoms with E-state index in [-0.39, 0.29) is 0 Å². The highest BCUT2D eigenvalue weighted by atomic mass is 15.3. The van der Waals surface area contributed by atoms with Gasteiger partial charge < -0.3 is 5.32 Å². The smallest absolute Gasteiger partial charge is 0.140 e. The summed E-state index contributed by atoms with van der Waals surface area (Å²) in [6, 6.07) is 0.564. The van der Waals surface area contributed by atoms with Crippen LogP contribution in [0.4, 0.5) is 0 Å². The lowest BCUT2D eigenvalue weighted by molar-refractivity contribution is 0.450. The predicted octanol–water partition coefficient (Wildman–Crippen LogP) is 2.46. The Morgan fingerprint density at radius 2 is 1.89 bits per heavy atom. The van der Waals surface area contributed by atoms with E-state index in [0.29, 0.717) is 22.8 Å². The molecule has 1 heterocycles. The van der Waals surface area contributed by atoms with Crippen LogP contribution < -0.4 is 5.32 Å². The number of hydrogen-bond acceptors (Lipinski definition) is 3. The van der Waals surface area contributed by atoms with Crippen LogP contribution in [0.1, 0.15) is 47.4 Å². The van der Waals surface area contributed by atoms with E-state index < -0.39 is 0 Å². The van der Waals surface area contributed by atoms with E-state index in [2.05, 4.69) is 56.9 Å². The summed E-state index contributed by atoms with van der Waals surface area (Å²) >= 11 is 0. The summed E-state index contributed by atoms with van der Waals surface area (Å²) in [6.45, 7) is 15.4. The van der Waals surface area contributed by atoms with Gasteiger partial charge in [0.15, 0.2) is 0 Å².